The molecular weight excluding hydrogens is 244 g/mol. The first-order valence-electron chi connectivity index (χ1n) is 6.62. The number of ether oxygens (including phenoxy) is 2. The van der Waals surface area contributed by atoms with Gasteiger partial charge < -0.3 is 20.1 Å². The molecule has 2 rings (SSSR count). The number of hydrogen-bond acceptors (Lipinski definition) is 5. The Morgan fingerprint density at radius 2 is 2.26 bits per heavy atom. The molecule has 2 N–H and O–H groups in total. The average Bonchev–Trinajstić information content (AvgIpc) is 2.68. The maximum Gasteiger partial charge on any atom is 0.340 e. The summed E-state index contributed by atoms with van der Waals surface area (Å²) in [5.41, 5.74) is 7.92. The van der Waals surface area contributed by atoms with E-state index in [4.69, 9.17) is 15.2 Å². The van der Waals surface area contributed by atoms with Crippen LogP contribution in [0.2, 0.25) is 0 Å². The van der Waals surface area contributed by atoms with E-state index in [1.54, 1.807) is 13.0 Å². The van der Waals surface area contributed by atoms with Crippen molar-refractivity contribution in [1.82, 2.24) is 0 Å². The molecule has 1 aromatic carbocycles. The molecule has 0 aromatic heterocycles. The van der Waals surface area contributed by atoms with E-state index < -0.39 is 0 Å². The van der Waals surface area contributed by atoms with Crippen LogP contribution in [0.5, 0.6) is 0 Å². The summed E-state index contributed by atoms with van der Waals surface area (Å²) in [6.07, 6.45) is 0.961. The van der Waals surface area contributed by atoms with Crippen molar-refractivity contribution >= 4 is 17.3 Å². The smallest absolute Gasteiger partial charge is 0.340 e. The fourth-order valence-corrected chi connectivity index (χ4v) is 2.20. The minimum absolute atomic E-state index is 0.347. The zero-order valence-corrected chi connectivity index (χ0v) is 11.2. The molecular formula is C14H20N2O3. The van der Waals surface area contributed by atoms with E-state index in [2.05, 4.69) is 4.90 Å². The molecule has 0 spiro atoms. The molecule has 1 heterocycles. The highest BCUT2D eigenvalue weighted by Crippen LogP contribution is 2.28. The van der Waals surface area contributed by atoms with Gasteiger partial charge in [-0.1, -0.05) is 6.07 Å². The average molecular weight is 264 g/mol. The zero-order valence-electron chi connectivity index (χ0n) is 11.2. The molecule has 0 aliphatic carbocycles. The van der Waals surface area contributed by atoms with Crippen LogP contribution < -0.4 is 10.6 Å². The van der Waals surface area contributed by atoms with E-state index in [-0.39, 0.29) is 5.97 Å². The van der Waals surface area contributed by atoms with Crippen LogP contribution in [0, 0.1) is 0 Å². The van der Waals surface area contributed by atoms with Gasteiger partial charge in [-0.2, -0.15) is 0 Å². The summed E-state index contributed by atoms with van der Waals surface area (Å²) in [7, 11) is 0. The summed E-state index contributed by atoms with van der Waals surface area (Å²) in [5.74, 6) is -0.368. The quantitative estimate of drug-likeness (QED) is 0.664. The predicted molar refractivity (Wildman–Crippen MR) is 74.5 cm³/mol. The van der Waals surface area contributed by atoms with Gasteiger partial charge in [0.25, 0.3) is 0 Å². The highest BCUT2D eigenvalue weighted by Gasteiger charge is 2.18. The van der Waals surface area contributed by atoms with Crippen molar-refractivity contribution in [3.8, 4) is 0 Å². The predicted octanol–water partition coefficient (Wildman–Crippen LogP) is 1.67. The van der Waals surface area contributed by atoms with E-state index in [0.717, 1.165) is 31.8 Å². The van der Waals surface area contributed by atoms with Crippen LogP contribution in [0.4, 0.5) is 11.4 Å². The van der Waals surface area contributed by atoms with Crippen LogP contribution in [0.15, 0.2) is 18.2 Å². The van der Waals surface area contributed by atoms with Crippen molar-refractivity contribution in [3.05, 3.63) is 23.8 Å². The first-order chi connectivity index (χ1) is 9.24. The first kappa shape index (κ1) is 13.7. The van der Waals surface area contributed by atoms with Gasteiger partial charge >= 0.3 is 5.97 Å². The second kappa shape index (κ2) is 6.43. The van der Waals surface area contributed by atoms with Crippen molar-refractivity contribution in [2.24, 2.45) is 0 Å². The number of benzene rings is 1. The van der Waals surface area contributed by atoms with Crippen LogP contribution in [0.3, 0.4) is 0 Å². The fourth-order valence-electron chi connectivity index (χ4n) is 2.20. The Hall–Kier alpha value is -1.75. The third-order valence-electron chi connectivity index (χ3n) is 3.14. The topological polar surface area (TPSA) is 64.8 Å². The lowest BCUT2D eigenvalue weighted by Crippen LogP contribution is -2.27. The van der Waals surface area contributed by atoms with Crippen LogP contribution in [-0.4, -0.2) is 38.9 Å². The van der Waals surface area contributed by atoms with E-state index >= 15 is 0 Å². The normalized spacial score (nSPS) is 15.9. The fraction of sp³-hybridized carbons (Fsp3) is 0.500. The van der Waals surface area contributed by atoms with Gasteiger partial charge in [0.2, 0.25) is 0 Å². The van der Waals surface area contributed by atoms with Gasteiger partial charge in [-0.25, -0.2) is 4.79 Å². The maximum atomic E-state index is 11.8. The van der Waals surface area contributed by atoms with Gasteiger partial charge in [0.05, 0.1) is 30.2 Å². The van der Waals surface area contributed by atoms with E-state index in [0.29, 0.717) is 24.5 Å². The summed E-state index contributed by atoms with van der Waals surface area (Å²) in [5, 5.41) is 0. The highest BCUT2D eigenvalue weighted by atomic mass is 16.5. The van der Waals surface area contributed by atoms with Crippen LogP contribution in [0.1, 0.15) is 23.7 Å². The molecule has 0 bridgehead atoms. The van der Waals surface area contributed by atoms with Gasteiger partial charge in [0.15, 0.2) is 0 Å². The van der Waals surface area contributed by atoms with Crippen molar-refractivity contribution in [2.45, 2.75) is 13.3 Å². The van der Waals surface area contributed by atoms with Gasteiger partial charge in [0.1, 0.15) is 0 Å². The molecule has 1 fully saturated rings. The summed E-state index contributed by atoms with van der Waals surface area (Å²) in [6, 6.07) is 5.47. The van der Waals surface area contributed by atoms with Crippen LogP contribution in [0.25, 0.3) is 0 Å². The number of esters is 1. The third kappa shape index (κ3) is 3.17. The second-order valence-electron chi connectivity index (χ2n) is 4.41. The second-order valence-corrected chi connectivity index (χ2v) is 4.41. The van der Waals surface area contributed by atoms with Crippen molar-refractivity contribution in [3.63, 3.8) is 0 Å². The molecule has 0 unspecified atom stereocenters. The number of carbonyl (C=O) groups is 1. The number of nitrogen functional groups attached to an aromatic ring is 1. The van der Waals surface area contributed by atoms with Gasteiger partial charge in [-0.15, -0.1) is 0 Å². The Morgan fingerprint density at radius 1 is 1.42 bits per heavy atom. The van der Waals surface area contributed by atoms with Gasteiger partial charge in [-0.05, 0) is 25.5 Å². The SMILES string of the molecule is CCOC(=O)c1cccc(N2CCCOCC2)c1N. The van der Waals surface area contributed by atoms with Crippen LogP contribution >= 0.6 is 0 Å². The standard InChI is InChI=1S/C14H20N2O3/c1-2-19-14(17)11-5-3-6-12(13(11)15)16-7-4-9-18-10-8-16/h3,5-6H,2,4,7-10,15H2,1H3. The van der Waals surface area contributed by atoms with Crippen LogP contribution in [-0.2, 0) is 9.47 Å². The summed E-state index contributed by atoms with van der Waals surface area (Å²) in [4.78, 5) is 14.0. The minimum Gasteiger partial charge on any atom is -0.462 e. The number of anilines is 2. The van der Waals surface area contributed by atoms with Gasteiger partial charge in [-0.3, -0.25) is 0 Å². The lowest BCUT2D eigenvalue weighted by Gasteiger charge is -2.24. The molecule has 1 aliphatic rings. The molecule has 1 aromatic rings. The number of para-hydroxylation sites is 1. The number of nitrogens with two attached hydrogens (primary N) is 1. The van der Waals surface area contributed by atoms with E-state index in [1.165, 1.54) is 0 Å². The third-order valence-corrected chi connectivity index (χ3v) is 3.14. The Morgan fingerprint density at radius 3 is 3.05 bits per heavy atom. The minimum atomic E-state index is -0.368. The lowest BCUT2D eigenvalue weighted by molar-refractivity contribution is 0.0527. The molecule has 1 aliphatic heterocycles. The summed E-state index contributed by atoms with van der Waals surface area (Å²) < 4.78 is 10.4. The summed E-state index contributed by atoms with van der Waals surface area (Å²) >= 11 is 0. The molecule has 0 radical (unpaired) electrons. The molecule has 1 saturated heterocycles. The molecule has 5 nitrogen and oxygen atoms in total. The number of rotatable bonds is 3. The monoisotopic (exact) mass is 264 g/mol. The Bertz CT molecular complexity index is 440. The van der Waals surface area contributed by atoms with Crippen molar-refractivity contribution < 1.29 is 14.3 Å². The van der Waals surface area contributed by atoms with Crippen molar-refractivity contribution in [2.75, 3.05) is 43.5 Å². The Kier molecular flexibility index (Phi) is 4.63. The lowest BCUT2D eigenvalue weighted by atomic mass is 10.1. The first-order valence-corrected chi connectivity index (χ1v) is 6.62. The molecule has 19 heavy (non-hydrogen) atoms. The zero-order chi connectivity index (χ0) is 13.7. The molecule has 5 heteroatoms. The molecule has 104 valence electrons. The van der Waals surface area contributed by atoms with Gasteiger partial charge in [0, 0.05) is 19.7 Å². The number of nitrogens with zero attached hydrogens (tertiary/aromatic N) is 1. The van der Waals surface area contributed by atoms with E-state index in [9.17, 15) is 4.79 Å². The largest absolute Gasteiger partial charge is 0.462 e. The number of carbonyl (C=O) groups excluding carboxylic acids is 1. The highest BCUT2D eigenvalue weighted by molar-refractivity contribution is 5.98. The van der Waals surface area contributed by atoms with Crippen molar-refractivity contribution in [1.29, 1.82) is 0 Å². The molecule has 0 atom stereocenters. The summed E-state index contributed by atoms with van der Waals surface area (Å²) in [6.45, 7) is 5.26. The molecule has 0 saturated carbocycles. The number of hydrogen-bond donors (Lipinski definition) is 1. The van der Waals surface area contributed by atoms with E-state index in [1.807, 2.05) is 12.1 Å². The maximum absolute atomic E-state index is 11.8. The Balaban J connectivity index is 2.25. The molecule has 0 amide bonds. The Labute approximate surface area is 113 Å².